The summed E-state index contributed by atoms with van der Waals surface area (Å²) in [6.45, 7) is 2.47. The summed E-state index contributed by atoms with van der Waals surface area (Å²) in [6.07, 6.45) is 8.71. The summed E-state index contributed by atoms with van der Waals surface area (Å²) in [6, 6.07) is 11.3. The molecule has 7 rings (SSSR count). The van der Waals surface area contributed by atoms with Crippen LogP contribution >= 0.6 is 11.6 Å². The quantitative estimate of drug-likeness (QED) is 0.435. The average Bonchev–Trinajstić information content (AvgIpc) is 3.20. The van der Waals surface area contributed by atoms with Gasteiger partial charge in [-0.3, -0.25) is 14.5 Å². The van der Waals surface area contributed by atoms with Crippen molar-refractivity contribution in [2.24, 2.45) is 17.6 Å². The molecule has 5 atom stereocenters. The van der Waals surface area contributed by atoms with Gasteiger partial charge >= 0.3 is 0 Å². The molecule has 2 aromatic rings. The molecule has 0 aromatic heterocycles. The molecule has 1 saturated heterocycles. The highest BCUT2D eigenvalue weighted by Crippen LogP contribution is 2.48. The smallest absolute Gasteiger partial charge is 0.272 e. The van der Waals surface area contributed by atoms with E-state index in [9.17, 15) is 23.5 Å². The lowest BCUT2D eigenvalue weighted by molar-refractivity contribution is -0.147. The number of likely N-dealkylation sites (tertiary alicyclic amines) is 1. The monoisotopic (exact) mass is 712 g/mol. The van der Waals surface area contributed by atoms with Gasteiger partial charge in [0.05, 0.1) is 44.5 Å². The number of carbonyl (C=O) groups is 2. The number of carbonyl (C=O) groups excluding carboxylic acids is 2. The molecule has 1 spiro atoms. The van der Waals surface area contributed by atoms with Crippen molar-refractivity contribution in [3.63, 3.8) is 0 Å². The van der Waals surface area contributed by atoms with Crippen molar-refractivity contribution >= 4 is 29.1 Å². The Kier molecular flexibility index (Phi) is 9.64. The van der Waals surface area contributed by atoms with Crippen LogP contribution in [0.15, 0.2) is 48.6 Å². The van der Waals surface area contributed by atoms with Crippen molar-refractivity contribution < 1.29 is 33.0 Å². The zero-order valence-electron chi connectivity index (χ0n) is 28.6. The van der Waals surface area contributed by atoms with Crippen molar-refractivity contribution in [2.75, 3.05) is 64.4 Å². The van der Waals surface area contributed by atoms with Gasteiger partial charge < -0.3 is 30.1 Å². The van der Waals surface area contributed by atoms with Crippen molar-refractivity contribution in [1.29, 1.82) is 0 Å². The highest BCUT2D eigenvalue weighted by molar-refractivity contribution is 6.30. The number of anilines is 1. The molecule has 2 aromatic carbocycles. The van der Waals surface area contributed by atoms with Gasteiger partial charge in [-0.25, -0.2) is 8.78 Å². The molecule has 2 aliphatic carbocycles. The van der Waals surface area contributed by atoms with Crippen LogP contribution in [0.2, 0.25) is 5.02 Å². The molecule has 1 saturated carbocycles. The summed E-state index contributed by atoms with van der Waals surface area (Å²) >= 11 is 6.44. The van der Waals surface area contributed by atoms with Gasteiger partial charge in [0.25, 0.3) is 11.8 Å². The molecule has 12 heteroatoms. The second-order valence-electron chi connectivity index (χ2n) is 15.1. The molecule has 2 bridgehead atoms. The van der Waals surface area contributed by atoms with Crippen LogP contribution in [0.4, 0.5) is 14.5 Å². The topological polar surface area (TPSA) is 109 Å². The Hall–Kier alpha value is -3.25. The van der Waals surface area contributed by atoms with Gasteiger partial charge in [-0.2, -0.15) is 0 Å². The first-order valence-corrected chi connectivity index (χ1v) is 18.2. The third-order valence-corrected chi connectivity index (χ3v) is 11.9. The number of amides is 2. The van der Waals surface area contributed by atoms with Gasteiger partial charge in [-0.05, 0) is 91.3 Å². The summed E-state index contributed by atoms with van der Waals surface area (Å²) in [5.41, 5.74) is 6.72. The van der Waals surface area contributed by atoms with E-state index in [1.165, 1.54) is 16.0 Å². The number of fused-ring (bicyclic) bond motifs is 4. The lowest BCUT2D eigenvalue weighted by Crippen LogP contribution is -2.57. The molecule has 3 N–H and O–H groups in total. The Morgan fingerprint density at radius 3 is 2.72 bits per heavy atom. The number of hydrogen-bond acceptors (Lipinski definition) is 7. The molecule has 50 heavy (non-hydrogen) atoms. The minimum Gasteiger partial charge on any atom is -0.490 e. The van der Waals surface area contributed by atoms with E-state index >= 15 is 0 Å². The zero-order chi connectivity index (χ0) is 35.3. The Morgan fingerprint density at radius 2 is 1.98 bits per heavy atom. The van der Waals surface area contributed by atoms with Gasteiger partial charge in [-0.15, -0.1) is 0 Å². The number of hydrogen-bond donors (Lipinski definition) is 2. The third kappa shape index (κ3) is 6.86. The normalized spacial score (nSPS) is 31.8. The second-order valence-corrected chi connectivity index (χ2v) is 15.6. The van der Waals surface area contributed by atoms with Crippen LogP contribution in [0.1, 0.15) is 55.2 Å². The van der Waals surface area contributed by atoms with Gasteiger partial charge in [0.1, 0.15) is 5.75 Å². The number of benzene rings is 2. The van der Waals surface area contributed by atoms with E-state index in [2.05, 4.69) is 23.1 Å². The number of alkyl halides is 2. The number of ether oxygens (including phenoxy) is 2. The minimum absolute atomic E-state index is 0.197. The summed E-state index contributed by atoms with van der Waals surface area (Å²) in [5, 5.41) is 12.5. The van der Waals surface area contributed by atoms with E-state index in [1.807, 2.05) is 12.1 Å². The van der Waals surface area contributed by atoms with E-state index in [1.54, 1.807) is 30.1 Å². The maximum absolute atomic E-state index is 13.5. The largest absolute Gasteiger partial charge is 0.490 e. The van der Waals surface area contributed by atoms with Crippen LogP contribution in [0, 0.1) is 11.8 Å². The molecular formula is C38H47ClF2N4O5. The van der Waals surface area contributed by atoms with E-state index in [0.717, 1.165) is 37.8 Å². The van der Waals surface area contributed by atoms with Gasteiger partial charge in [0.2, 0.25) is 5.91 Å². The van der Waals surface area contributed by atoms with Crippen LogP contribution in [0.5, 0.6) is 5.75 Å². The van der Waals surface area contributed by atoms with Crippen molar-refractivity contribution in [3.8, 4) is 5.75 Å². The van der Waals surface area contributed by atoms with Crippen LogP contribution in [-0.4, -0.2) is 98.3 Å². The number of aryl methyl sites for hydroxylation is 1. The number of halogens is 3. The third-order valence-electron chi connectivity index (χ3n) is 11.7. The Morgan fingerprint density at radius 1 is 1.16 bits per heavy atom. The van der Waals surface area contributed by atoms with Crippen LogP contribution in [0.3, 0.4) is 0 Å². The summed E-state index contributed by atoms with van der Waals surface area (Å²) < 4.78 is 40.0. The van der Waals surface area contributed by atoms with Crippen LogP contribution in [-0.2, 0) is 31.8 Å². The van der Waals surface area contributed by atoms with Crippen molar-refractivity contribution in [1.82, 2.24) is 9.80 Å². The molecule has 0 unspecified atom stereocenters. The summed E-state index contributed by atoms with van der Waals surface area (Å²) in [7, 11) is 1.64. The van der Waals surface area contributed by atoms with Crippen LogP contribution in [0.25, 0.3) is 0 Å². The van der Waals surface area contributed by atoms with Gasteiger partial charge in [-0.1, -0.05) is 35.9 Å². The summed E-state index contributed by atoms with van der Waals surface area (Å²) in [4.78, 5) is 31.8. The molecule has 9 nitrogen and oxygen atoms in total. The fourth-order valence-corrected chi connectivity index (χ4v) is 8.82. The Balaban J connectivity index is 1.25. The zero-order valence-corrected chi connectivity index (χ0v) is 29.3. The first-order chi connectivity index (χ1) is 23.9. The van der Waals surface area contributed by atoms with Crippen LogP contribution < -0.4 is 15.4 Å². The second kappa shape index (κ2) is 13.7. The standard InChI is InChI=1S/C38H47ClF2N4O5/c1-43-14-3-2-6-32(49-16-15-44-22-37(40,41)23-44)29-10-7-26(29)20-45-21-36(13-4-5-25-17-28(39)9-11-30(25)36)24-50-33-12-8-27(18-31(33)45)38(48,35(42)47)19-34(43)46/h2,6,8-9,11-12,17-18,26,29,32,48H,3-5,7,10,13-16,19-24H2,1H3,(H2,42,47)/b6-2+/t26-,29+,32-,36-,38+/m0/s1. The number of nitrogens with zero attached hydrogens (tertiary/aromatic N) is 3. The molecule has 0 radical (unpaired) electrons. The number of primary amides is 1. The molecule has 2 fully saturated rings. The molecular weight excluding hydrogens is 666 g/mol. The van der Waals surface area contributed by atoms with Crippen molar-refractivity contribution in [2.45, 2.75) is 68.0 Å². The fourth-order valence-electron chi connectivity index (χ4n) is 8.62. The number of aliphatic hydroxyl groups is 1. The molecule has 3 aliphatic heterocycles. The molecule has 2 amide bonds. The SMILES string of the molecule is CN1CC/C=C/[C@H](OCCN2CC(F)(F)C2)[C@@H]2CC[C@H]2CN2C[C@@]3(CCCc4cc(Cl)ccc43)COc3ccc(cc32)[C@@](O)(C(N)=O)CC1=O. The molecule has 5 aliphatic rings. The highest BCUT2D eigenvalue weighted by Gasteiger charge is 2.47. The Labute approximate surface area is 297 Å². The lowest BCUT2D eigenvalue weighted by atomic mass is 9.68. The minimum atomic E-state index is -2.62. The predicted molar refractivity (Wildman–Crippen MR) is 187 cm³/mol. The fraction of sp³-hybridized carbons (Fsp3) is 0.579. The average molecular weight is 713 g/mol. The van der Waals surface area contributed by atoms with E-state index < -0.39 is 29.8 Å². The van der Waals surface area contributed by atoms with Gasteiger partial charge in [0.15, 0.2) is 5.60 Å². The summed E-state index contributed by atoms with van der Waals surface area (Å²) in [5.74, 6) is -2.93. The van der Waals surface area contributed by atoms with Gasteiger partial charge in [0, 0.05) is 43.7 Å². The predicted octanol–water partition coefficient (Wildman–Crippen LogP) is 4.66. The lowest BCUT2D eigenvalue weighted by Gasteiger charge is -2.46. The number of rotatable bonds is 5. The molecule has 3 heterocycles. The maximum Gasteiger partial charge on any atom is 0.272 e. The highest BCUT2D eigenvalue weighted by atomic mass is 35.5. The van der Waals surface area contributed by atoms with Crippen molar-refractivity contribution in [3.05, 3.63) is 70.3 Å². The molecule has 270 valence electrons. The first kappa shape index (κ1) is 35.2. The van der Waals surface area contributed by atoms with E-state index in [0.29, 0.717) is 56.6 Å². The number of nitrogens with two attached hydrogens (primary N) is 1. The van der Waals surface area contributed by atoms with E-state index in [4.69, 9.17) is 26.8 Å². The first-order valence-electron chi connectivity index (χ1n) is 17.8. The van der Waals surface area contributed by atoms with E-state index in [-0.39, 0.29) is 42.0 Å². The maximum atomic E-state index is 13.5. The Bertz CT molecular complexity index is 1650.